The molecule has 164 valence electrons. The molecule has 1 aromatic carbocycles. The van der Waals surface area contributed by atoms with Crippen LogP contribution in [0.2, 0.25) is 0 Å². The van der Waals surface area contributed by atoms with Crippen LogP contribution < -0.4 is 10.6 Å². The van der Waals surface area contributed by atoms with E-state index in [1.807, 2.05) is 34.8 Å². The second-order valence-corrected chi connectivity index (χ2v) is 8.86. The zero-order valence-electron chi connectivity index (χ0n) is 18.0. The molecular formula is C24H26N6OS. The molecule has 8 heteroatoms. The predicted octanol–water partition coefficient (Wildman–Crippen LogP) is 5.52. The van der Waals surface area contributed by atoms with Crippen LogP contribution in [0, 0.1) is 0 Å². The lowest BCUT2D eigenvalue weighted by molar-refractivity contribution is 0.203. The van der Waals surface area contributed by atoms with Gasteiger partial charge in [0.05, 0.1) is 21.4 Å². The number of anilines is 2. The lowest BCUT2D eigenvalue weighted by Gasteiger charge is -2.26. The molecule has 5 rings (SSSR count). The van der Waals surface area contributed by atoms with Gasteiger partial charge in [0.2, 0.25) is 0 Å². The number of aromatic amines is 1. The van der Waals surface area contributed by atoms with E-state index in [9.17, 15) is 4.79 Å². The molecule has 2 amide bonds. The summed E-state index contributed by atoms with van der Waals surface area (Å²) in [6, 6.07) is 10.4. The van der Waals surface area contributed by atoms with Crippen molar-refractivity contribution in [1.82, 2.24) is 25.2 Å². The minimum atomic E-state index is 0.0245. The Kier molecular flexibility index (Phi) is 5.77. The molecule has 3 N–H and O–H groups in total. The normalized spacial score (nSPS) is 14.0. The Labute approximate surface area is 190 Å². The molecule has 1 aliphatic heterocycles. The highest BCUT2D eigenvalue weighted by molar-refractivity contribution is 7.16. The van der Waals surface area contributed by atoms with Gasteiger partial charge in [-0.1, -0.05) is 19.4 Å². The Balaban J connectivity index is 1.33. The quantitative estimate of drug-likeness (QED) is 0.341. The van der Waals surface area contributed by atoms with Gasteiger partial charge in [0.15, 0.2) is 0 Å². The summed E-state index contributed by atoms with van der Waals surface area (Å²) in [4.78, 5) is 26.5. The molecule has 0 unspecified atom stereocenters. The Morgan fingerprint density at radius 3 is 3.03 bits per heavy atom. The van der Waals surface area contributed by atoms with E-state index in [1.54, 1.807) is 11.3 Å². The molecule has 0 saturated heterocycles. The minimum Gasteiger partial charge on any atom is -0.355 e. The van der Waals surface area contributed by atoms with Crippen LogP contribution in [0.15, 0.2) is 48.1 Å². The van der Waals surface area contributed by atoms with Gasteiger partial charge in [-0.25, -0.2) is 14.8 Å². The Bertz CT molecular complexity index is 1290. The van der Waals surface area contributed by atoms with Crippen LogP contribution in [0.4, 0.5) is 16.2 Å². The van der Waals surface area contributed by atoms with Crippen LogP contribution in [0.25, 0.3) is 26.8 Å². The van der Waals surface area contributed by atoms with E-state index in [4.69, 9.17) is 0 Å². The van der Waals surface area contributed by atoms with E-state index in [-0.39, 0.29) is 6.03 Å². The molecule has 0 fully saturated rings. The van der Waals surface area contributed by atoms with Crippen molar-refractivity contribution in [3.8, 4) is 0 Å². The molecule has 3 aromatic heterocycles. The van der Waals surface area contributed by atoms with Gasteiger partial charge in [0.1, 0.15) is 5.65 Å². The smallest absolute Gasteiger partial charge is 0.317 e. The Hall–Kier alpha value is -3.39. The highest BCUT2D eigenvalue weighted by atomic mass is 32.1. The molecule has 0 atom stereocenters. The first kappa shape index (κ1) is 20.5. The number of rotatable bonds is 6. The third kappa shape index (κ3) is 4.18. The van der Waals surface area contributed by atoms with Gasteiger partial charge in [-0.15, -0.1) is 11.3 Å². The SMILES string of the molecule is CCCCNC(=O)N1CC=C(c2cc3c(Nc4ccc5ncsc5c4)ccnc3[nH]2)CC1. The second kappa shape index (κ2) is 9.00. The molecule has 7 nitrogen and oxygen atoms in total. The number of fused-ring (bicyclic) bond motifs is 2. The van der Waals surface area contributed by atoms with Gasteiger partial charge in [-0.2, -0.15) is 0 Å². The summed E-state index contributed by atoms with van der Waals surface area (Å²) in [7, 11) is 0. The fourth-order valence-electron chi connectivity index (χ4n) is 3.98. The van der Waals surface area contributed by atoms with Crippen molar-refractivity contribution >= 4 is 55.6 Å². The average Bonchev–Trinajstić information content (AvgIpc) is 3.46. The molecule has 0 aliphatic carbocycles. The number of carbonyl (C=O) groups excluding carboxylic acids is 1. The van der Waals surface area contributed by atoms with E-state index in [1.165, 1.54) is 5.57 Å². The zero-order chi connectivity index (χ0) is 21.9. The molecule has 0 radical (unpaired) electrons. The van der Waals surface area contributed by atoms with Crippen molar-refractivity contribution in [2.24, 2.45) is 0 Å². The molecule has 0 spiro atoms. The number of urea groups is 1. The highest BCUT2D eigenvalue weighted by Gasteiger charge is 2.19. The summed E-state index contributed by atoms with van der Waals surface area (Å²) in [5.41, 5.74) is 8.05. The second-order valence-electron chi connectivity index (χ2n) is 7.97. The summed E-state index contributed by atoms with van der Waals surface area (Å²) < 4.78 is 1.16. The highest BCUT2D eigenvalue weighted by Crippen LogP contribution is 2.31. The zero-order valence-corrected chi connectivity index (χ0v) is 18.8. The number of hydrogen-bond donors (Lipinski definition) is 3. The van der Waals surface area contributed by atoms with E-state index in [0.29, 0.717) is 13.1 Å². The standard InChI is InChI=1S/C24H26N6OS/c1-2-3-9-26-24(31)30-11-7-16(8-12-30)21-14-18-19(6-10-25-23(18)29-21)28-17-4-5-20-22(13-17)32-15-27-20/h4-7,10,13-15H,2-3,8-9,11-12H2,1H3,(H,26,31)(H2,25,28,29). The van der Waals surface area contributed by atoms with Crippen molar-refractivity contribution in [1.29, 1.82) is 0 Å². The molecule has 4 heterocycles. The van der Waals surface area contributed by atoms with E-state index >= 15 is 0 Å². The molecule has 0 saturated carbocycles. The summed E-state index contributed by atoms with van der Waals surface area (Å²) >= 11 is 1.64. The average molecular weight is 447 g/mol. The number of nitrogens with zero attached hydrogens (tertiary/aromatic N) is 3. The number of hydrogen-bond acceptors (Lipinski definition) is 5. The van der Waals surface area contributed by atoms with E-state index < -0.39 is 0 Å². The minimum absolute atomic E-state index is 0.0245. The first-order valence-electron chi connectivity index (χ1n) is 11.0. The number of amides is 2. The largest absolute Gasteiger partial charge is 0.355 e. The van der Waals surface area contributed by atoms with Crippen LogP contribution in [-0.2, 0) is 0 Å². The number of thiazole rings is 1. The van der Waals surface area contributed by atoms with Crippen molar-refractivity contribution in [3.63, 3.8) is 0 Å². The van der Waals surface area contributed by atoms with E-state index in [2.05, 4.69) is 50.7 Å². The van der Waals surface area contributed by atoms with Crippen molar-refractivity contribution in [3.05, 3.63) is 53.8 Å². The molecule has 32 heavy (non-hydrogen) atoms. The topological polar surface area (TPSA) is 85.9 Å². The van der Waals surface area contributed by atoms with Crippen LogP contribution >= 0.6 is 11.3 Å². The Morgan fingerprint density at radius 2 is 2.19 bits per heavy atom. The number of benzene rings is 1. The summed E-state index contributed by atoms with van der Waals surface area (Å²) in [6.07, 6.45) is 6.86. The fourth-order valence-corrected chi connectivity index (χ4v) is 4.70. The molecule has 1 aliphatic rings. The van der Waals surface area contributed by atoms with E-state index in [0.717, 1.165) is 64.1 Å². The van der Waals surface area contributed by atoms with Gasteiger partial charge in [-0.3, -0.25) is 0 Å². The number of unbranched alkanes of at least 4 members (excludes halogenated alkanes) is 1. The number of carbonyl (C=O) groups is 1. The Morgan fingerprint density at radius 1 is 1.25 bits per heavy atom. The first-order chi connectivity index (χ1) is 15.7. The third-order valence-electron chi connectivity index (χ3n) is 5.79. The van der Waals surface area contributed by atoms with Crippen LogP contribution in [0.3, 0.4) is 0 Å². The van der Waals surface area contributed by atoms with Gasteiger partial charge >= 0.3 is 6.03 Å². The molecule has 0 bridgehead atoms. The number of pyridine rings is 1. The summed E-state index contributed by atoms with van der Waals surface area (Å²) in [6.45, 7) is 4.20. The maximum Gasteiger partial charge on any atom is 0.317 e. The van der Waals surface area contributed by atoms with Gasteiger partial charge in [0.25, 0.3) is 0 Å². The third-order valence-corrected chi connectivity index (χ3v) is 6.58. The fraction of sp³-hybridized carbons (Fsp3) is 0.292. The first-order valence-corrected chi connectivity index (χ1v) is 11.9. The summed E-state index contributed by atoms with van der Waals surface area (Å²) in [5, 5.41) is 7.58. The van der Waals surface area contributed by atoms with Gasteiger partial charge in [0, 0.05) is 42.6 Å². The predicted molar refractivity (Wildman–Crippen MR) is 131 cm³/mol. The summed E-state index contributed by atoms with van der Waals surface area (Å²) in [5.74, 6) is 0. The number of nitrogens with one attached hydrogen (secondary N) is 3. The van der Waals surface area contributed by atoms with Crippen LogP contribution in [0.1, 0.15) is 31.9 Å². The lowest BCUT2D eigenvalue weighted by Crippen LogP contribution is -2.42. The van der Waals surface area contributed by atoms with Gasteiger partial charge < -0.3 is 20.5 Å². The van der Waals surface area contributed by atoms with Crippen molar-refractivity contribution in [2.45, 2.75) is 26.2 Å². The maximum atomic E-state index is 12.3. The maximum absolute atomic E-state index is 12.3. The lowest BCUT2D eigenvalue weighted by atomic mass is 10.0. The van der Waals surface area contributed by atoms with Gasteiger partial charge in [-0.05, 0) is 48.7 Å². The molecular weight excluding hydrogens is 420 g/mol. The van der Waals surface area contributed by atoms with Crippen molar-refractivity contribution < 1.29 is 4.79 Å². The monoisotopic (exact) mass is 446 g/mol. The van der Waals surface area contributed by atoms with Crippen LogP contribution in [-0.4, -0.2) is 45.5 Å². The number of H-pyrrole nitrogens is 1. The van der Waals surface area contributed by atoms with Crippen molar-refractivity contribution in [2.75, 3.05) is 25.0 Å². The molecule has 4 aromatic rings. The van der Waals surface area contributed by atoms with Crippen LogP contribution in [0.5, 0.6) is 0 Å². The number of aromatic nitrogens is 3.